The van der Waals surface area contributed by atoms with Crippen LogP contribution in [0.2, 0.25) is 0 Å². The van der Waals surface area contributed by atoms with E-state index in [-0.39, 0.29) is 23.6 Å². The standard InChI is InChI=1S/C18H23N3O3/c1-12(22)21-10-6-9-15(21)16(23)20-18(17(24)19-2)11-14(18)13-7-4-3-5-8-13/h3-5,7-8,14-15H,6,9-11H2,1-2H3,(H,19,24)(H,20,23)/t14-,15+,18+/m1/s1. The van der Waals surface area contributed by atoms with Crippen molar-refractivity contribution in [1.29, 1.82) is 0 Å². The number of hydrogen-bond donors (Lipinski definition) is 2. The van der Waals surface area contributed by atoms with Gasteiger partial charge in [-0.05, 0) is 24.8 Å². The fourth-order valence-corrected chi connectivity index (χ4v) is 3.74. The average molecular weight is 329 g/mol. The average Bonchev–Trinajstić information content (AvgIpc) is 3.08. The van der Waals surface area contributed by atoms with E-state index in [1.807, 2.05) is 30.3 Å². The maximum Gasteiger partial charge on any atom is 0.246 e. The highest BCUT2D eigenvalue weighted by atomic mass is 16.2. The van der Waals surface area contributed by atoms with Crippen LogP contribution >= 0.6 is 0 Å². The summed E-state index contributed by atoms with van der Waals surface area (Å²) < 4.78 is 0. The van der Waals surface area contributed by atoms with Crippen molar-refractivity contribution < 1.29 is 14.4 Å². The van der Waals surface area contributed by atoms with Crippen molar-refractivity contribution in [2.75, 3.05) is 13.6 Å². The minimum atomic E-state index is -0.905. The molecular formula is C18H23N3O3. The van der Waals surface area contributed by atoms with Crippen LogP contribution in [0.5, 0.6) is 0 Å². The maximum atomic E-state index is 12.7. The Morgan fingerprint density at radius 2 is 1.92 bits per heavy atom. The van der Waals surface area contributed by atoms with E-state index in [1.165, 1.54) is 6.92 Å². The fraction of sp³-hybridized carbons (Fsp3) is 0.500. The van der Waals surface area contributed by atoms with E-state index < -0.39 is 11.6 Å². The van der Waals surface area contributed by atoms with Gasteiger partial charge in [0.15, 0.2) is 0 Å². The summed E-state index contributed by atoms with van der Waals surface area (Å²) in [5.74, 6) is -0.548. The Morgan fingerprint density at radius 1 is 1.21 bits per heavy atom. The summed E-state index contributed by atoms with van der Waals surface area (Å²) in [5.41, 5.74) is 0.134. The molecule has 0 bridgehead atoms. The zero-order chi connectivity index (χ0) is 17.3. The summed E-state index contributed by atoms with van der Waals surface area (Å²) in [4.78, 5) is 38.4. The van der Waals surface area contributed by atoms with Crippen molar-refractivity contribution in [2.45, 2.75) is 43.7 Å². The molecule has 1 aliphatic heterocycles. The molecule has 24 heavy (non-hydrogen) atoms. The van der Waals surface area contributed by atoms with E-state index in [1.54, 1.807) is 11.9 Å². The number of nitrogens with one attached hydrogen (secondary N) is 2. The Balaban J connectivity index is 1.78. The van der Waals surface area contributed by atoms with Crippen LogP contribution in [0.25, 0.3) is 0 Å². The molecule has 3 amide bonds. The first kappa shape index (κ1) is 16.5. The van der Waals surface area contributed by atoms with Crippen LogP contribution in [0, 0.1) is 0 Å². The first-order valence-electron chi connectivity index (χ1n) is 8.36. The van der Waals surface area contributed by atoms with E-state index in [4.69, 9.17) is 0 Å². The normalized spacial score (nSPS) is 28.3. The van der Waals surface area contributed by atoms with Gasteiger partial charge in [-0.15, -0.1) is 0 Å². The molecule has 1 aliphatic carbocycles. The molecule has 0 radical (unpaired) electrons. The highest BCUT2D eigenvalue weighted by Gasteiger charge is 2.62. The molecule has 1 aromatic rings. The van der Waals surface area contributed by atoms with Gasteiger partial charge in [-0.3, -0.25) is 14.4 Å². The van der Waals surface area contributed by atoms with Gasteiger partial charge in [0, 0.05) is 26.4 Å². The van der Waals surface area contributed by atoms with E-state index >= 15 is 0 Å². The Hall–Kier alpha value is -2.37. The molecule has 1 heterocycles. The van der Waals surface area contributed by atoms with Crippen molar-refractivity contribution >= 4 is 17.7 Å². The molecule has 0 aromatic heterocycles. The lowest BCUT2D eigenvalue weighted by molar-refractivity contribution is -0.138. The largest absolute Gasteiger partial charge is 0.357 e. The second kappa shape index (κ2) is 6.26. The molecule has 3 atom stereocenters. The Labute approximate surface area is 141 Å². The van der Waals surface area contributed by atoms with Crippen LogP contribution in [-0.2, 0) is 14.4 Å². The molecule has 3 rings (SSSR count). The minimum Gasteiger partial charge on any atom is -0.357 e. The molecule has 128 valence electrons. The highest BCUT2D eigenvalue weighted by Crippen LogP contribution is 2.51. The van der Waals surface area contributed by atoms with E-state index in [0.29, 0.717) is 19.4 Å². The Bertz CT molecular complexity index is 661. The van der Waals surface area contributed by atoms with E-state index in [2.05, 4.69) is 10.6 Å². The quantitative estimate of drug-likeness (QED) is 0.857. The first-order chi connectivity index (χ1) is 11.5. The third kappa shape index (κ3) is 2.77. The summed E-state index contributed by atoms with van der Waals surface area (Å²) in [7, 11) is 1.58. The zero-order valence-electron chi connectivity index (χ0n) is 14.0. The van der Waals surface area contributed by atoms with Crippen LogP contribution in [0.4, 0.5) is 0 Å². The van der Waals surface area contributed by atoms with Crippen LogP contribution in [0.15, 0.2) is 30.3 Å². The lowest BCUT2D eigenvalue weighted by atomic mass is 10.0. The van der Waals surface area contributed by atoms with Crippen molar-refractivity contribution in [1.82, 2.24) is 15.5 Å². The van der Waals surface area contributed by atoms with Gasteiger partial charge >= 0.3 is 0 Å². The van der Waals surface area contributed by atoms with Gasteiger partial charge in [-0.2, -0.15) is 0 Å². The van der Waals surface area contributed by atoms with E-state index in [0.717, 1.165) is 12.0 Å². The van der Waals surface area contributed by atoms with Gasteiger partial charge in [0.25, 0.3) is 0 Å². The van der Waals surface area contributed by atoms with Gasteiger partial charge in [0.1, 0.15) is 11.6 Å². The molecule has 1 saturated heterocycles. The molecule has 1 aromatic carbocycles. The van der Waals surface area contributed by atoms with Gasteiger partial charge in [-0.25, -0.2) is 0 Å². The minimum absolute atomic E-state index is 0.0326. The molecule has 6 heteroatoms. The number of amides is 3. The van der Waals surface area contributed by atoms with Crippen LogP contribution in [-0.4, -0.2) is 47.8 Å². The van der Waals surface area contributed by atoms with Crippen molar-refractivity contribution in [3.8, 4) is 0 Å². The lowest BCUT2D eigenvalue weighted by Gasteiger charge is -2.26. The number of hydrogen-bond acceptors (Lipinski definition) is 3. The zero-order valence-corrected chi connectivity index (χ0v) is 14.0. The Morgan fingerprint density at radius 3 is 2.54 bits per heavy atom. The van der Waals surface area contributed by atoms with Gasteiger partial charge in [0.05, 0.1) is 0 Å². The lowest BCUT2D eigenvalue weighted by Crippen LogP contribution is -2.54. The third-order valence-electron chi connectivity index (χ3n) is 5.10. The Kier molecular flexibility index (Phi) is 4.30. The number of carbonyl (C=O) groups excluding carboxylic acids is 3. The SMILES string of the molecule is CNC(=O)[C@]1(NC(=O)[C@@H]2CCCN2C(C)=O)C[C@@H]1c1ccccc1. The molecule has 0 spiro atoms. The van der Waals surface area contributed by atoms with E-state index in [9.17, 15) is 14.4 Å². The fourth-order valence-electron chi connectivity index (χ4n) is 3.74. The number of likely N-dealkylation sites (tertiary alicyclic amines) is 1. The summed E-state index contributed by atoms with van der Waals surface area (Å²) in [6, 6.07) is 9.26. The second-order valence-electron chi connectivity index (χ2n) is 6.58. The number of likely N-dealkylation sites (N-methyl/N-ethyl adjacent to an activating group) is 1. The highest BCUT2D eigenvalue weighted by molar-refractivity contribution is 5.98. The molecular weight excluding hydrogens is 306 g/mol. The molecule has 2 fully saturated rings. The van der Waals surface area contributed by atoms with Crippen LogP contribution < -0.4 is 10.6 Å². The second-order valence-corrected chi connectivity index (χ2v) is 6.58. The number of benzene rings is 1. The third-order valence-corrected chi connectivity index (χ3v) is 5.10. The summed E-state index contributed by atoms with van der Waals surface area (Å²) in [6.45, 7) is 2.08. The number of rotatable bonds is 4. The topological polar surface area (TPSA) is 78.5 Å². The molecule has 6 nitrogen and oxygen atoms in total. The van der Waals surface area contributed by atoms with Crippen molar-refractivity contribution in [3.05, 3.63) is 35.9 Å². The summed E-state index contributed by atoms with van der Waals surface area (Å²) in [5, 5.41) is 5.61. The number of nitrogens with zero attached hydrogens (tertiary/aromatic N) is 1. The molecule has 1 saturated carbocycles. The predicted octanol–water partition coefficient (Wildman–Crippen LogP) is 0.786. The predicted molar refractivity (Wildman–Crippen MR) is 89.1 cm³/mol. The monoisotopic (exact) mass is 329 g/mol. The first-order valence-corrected chi connectivity index (χ1v) is 8.36. The van der Waals surface area contributed by atoms with Gasteiger partial charge in [0.2, 0.25) is 17.7 Å². The van der Waals surface area contributed by atoms with Gasteiger partial charge in [-0.1, -0.05) is 30.3 Å². The van der Waals surface area contributed by atoms with Crippen molar-refractivity contribution in [3.63, 3.8) is 0 Å². The molecule has 0 unspecified atom stereocenters. The maximum absolute atomic E-state index is 12.7. The molecule has 2 N–H and O–H groups in total. The number of carbonyl (C=O) groups is 3. The summed E-state index contributed by atoms with van der Waals surface area (Å²) in [6.07, 6.45) is 2.03. The molecule has 2 aliphatic rings. The van der Waals surface area contributed by atoms with Crippen molar-refractivity contribution in [2.24, 2.45) is 0 Å². The van der Waals surface area contributed by atoms with Gasteiger partial charge < -0.3 is 15.5 Å². The smallest absolute Gasteiger partial charge is 0.246 e. The van der Waals surface area contributed by atoms with Crippen LogP contribution in [0.1, 0.15) is 37.7 Å². The summed E-state index contributed by atoms with van der Waals surface area (Å²) >= 11 is 0. The van der Waals surface area contributed by atoms with Crippen LogP contribution in [0.3, 0.4) is 0 Å².